The molecule has 1 atom stereocenters. The third-order valence-electron chi connectivity index (χ3n) is 2.03. The van der Waals surface area contributed by atoms with Crippen molar-refractivity contribution < 1.29 is 4.21 Å². The summed E-state index contributed by atoms with van der Waals surface area (Å²) in [5.74, 6) is 0. The summed E-state index contributed by atoms with van der Waals surface area (Å²) < 4.78 is 11.8. The molecule has 80 valence electrons. The Hall–Kier alpha value is -1.74. The van der Waals surface area contributed by atoms with Crippen molar-refractivity contribution >= 4 is 16.9 Å². The highest BCUT2D eigenvalue weighted by Gasteiger charge is 1.97. The van der Waals surface area contributed by atoms with Gasteiger partial charge in [0.2, 0.25) is 0 Å². The Kier molecular flexibility index (Phi) is 3.62. The quantitative estimate of drug-likeness (QED) is 0.810. The molecule has 0 saturated heterocycles. The van der Waals surface area contributed by atoms with E-state index in [1.54, 1.807) is 17.7 Å². The molecule has 0 aliphatic heterocycles. The van der Waals surface area contributed by atoms with Crippen LogP contribution in [0.3, 0.4) is 0 Å². The molecule has 16 heavy (non-hydrogen) atoms. The molecule has 0 aliphatic carbocycles. The van der Waals surface area contributed by atoms with Crippen LogP contribution in [0.2, 0.25) is 0 Å². The van der Waals surface area contributed by atoms with E-state index in [0.29, 0.717) is 0 Å². The van der Waals surface area contributed by atoms with Crippen LogP contribution in [-0.4, -0.2) is 9.19 Å². The molecule has 1 aromatic carbocycles. The van der Waals surface area contributed by atoms with Crippen LogP contribution < -0.4 is 0 Å². The van der Waals surface area contributed by atoms with E-state index in [0.717, 1.165) is 10.6 Å². The molecular formula is C13H11NOS. The van der Waals surface area contributed by atoms with Gasteiger partial charge in [0.1, 0.15) is 0 Å². The van der Waals surface area contributed by atoms with Crippen molar-refractivity contribution in [3.63, 3.8) is 0 Å². The monoisotopic (exact) mass is 229 g/mol. The zero-order valence-electron chi connectivity index (χ0n) is 8.61. The largest absolute Gasteiger partial charge is 0.257 e. The van der Waals surface area contributed by atoms with Crippen LogP contribution >= 0.6 is 0 Å². The lowest BCUT2D eigenvalue weighted by Crippen LogP contribution is -1.85. The summed E-state index contributed by atoms with van der Waals surface area (Å²) in [6.45, 7) is 0. The third kappa shape index (κ3) is 2.87. The summed E-state index contributed by atoms with van der Waals surface area (Å²) in [5, 5.41) is 1.65. The minimum absolute atomic E-state index is 0.801. The van der Waals surface area contributed by atoms with Crippen molar-refractivity contribution in [2.24, 2.45) is 0 Å². The molecular weight excluding hydrogens is 218 g/mol. The molecule has 3 heteroatoms. The number of pyridine rings is 1. The minimum atomic E-state index is -1.10. The highest BCUT2D eigenvalue weighted by Crippen LogP contribution is 2.08. The van der Waals surface area contributed by atoms with Crippen LogP contribution in [0.5, 0.6) is 0 Å². The van der Waals surface area contributed by atoms with Gasteiger partial charge in [-0.1, -0.05) is 24.3 Å². The first-order chi connectivity index (χ1) is 7.86. The standard InChI is InChI=1S/C13H11NOS/c15-16(13-7-2-1-3-8-13)11-9-12-6-4-5-10-14-12/h1-11H/b11-9-. The van der Waals surface area contributed by atoms with Crippen LogP contribution in [0.15, 0.2) is 65.0 Å². The fraction of sp³-hybridized carbons (Fsp3) is 0. The molecule has 0 radical (unpaired) electrons. The van der Waals surface area contributed by atoms with Crippen LogP contribution in [0, 0.1) is 0 Å². The highest BCUT2D eigenvalue weighted by molar-refractivity contribution is 7.88. The van der Waals surface area contributed by atoms with E-state index in [4.69, 9.17) is 0 Å². The van der Waals surface area contributed by atoms with Crippen LogP contribution in [0.25, 0.3) is 6.08 Å². The summed E-state index contributed by atoms with van der Waals surface area (Å²) in [6, 6.07) is 15.0. The van der Waals surface area contributed by atoms with Crippen molar-refractivity contribution in [2.45, 2.75) is 4.90 Å². The fourth-order valence-corrected chi connectivity index (χ4v) is 2.08. The van der Waals surface area contributed by atoms with Gasteiger partial charge >= 0.3 is 0 Å². The fourth-order valence-electron chi connectivity index (χ4n) is 1.24. The summed E-state index contributed by atoms with van der Waals surface area (Å²) in [6.07, 6.45) is 3.48. The van der Waals surface area contributed by atoms with E-state index >= 15 is 0 Å². The lowest BCUT2D eigenvalue weighted by Gasteiger charge is -1.95. The molecule has 0 amide bonds. The second-order valence-corrected chi connectivity index (χ2v) is 4.51. The van der Waals surface area contributed by atoms with Crippen LogP contribution in [0.1, 0.15) is 5.69 Å². The Morgan fingerprint density at radius 3 is 2.44 bits per heavy atom. The number of rotatable bonds is 3. The van der Waals surface area contributed by atoms with E-state index in [1.807, 2.05) is 48.5 Å². The average molecular weight is 229 g/mol. The Bertz CT molecular complexity index is 494. The molecule has 0 spiro atoms. The van der Waals surface area contributed by atoms with E-state index in [9.17, 15) is 4.21 Å². The summed E-state index contributed by atoms with van der Waals surface area (Å²) >= 11 is 0. The molecule has 1 aromatic heterocycles. The smallest absolute Gasteiger partial charge is 0.0776 e. The van der Waals surface area contributed by atoms with E-state index < -0.39 is 10.8 Å². The van der Waals surface area contributed by atoms with Crippen LogP contribution in [-0.2, 0) is 10.8 Å². The highest BCUT2D eigenvalue weighted by atomic mass is 32.2. The predicted molar refractivity (Wildman–Crippen MR) is 66.1 cm³/mol. The zero-order valence-corrected chi connectivity index (χ0v) is 9.43. The van der Waals surface area contributed by atoms with E-state index in [-0.39, 0.29) is 0 Å². The van der Waals surface area contributed by atoms with E-state index in [1.165, 1.54) is 0 Å². The number of benzene rings is 1. The second-order valence-electron chi connectivity index (χ2n) is 3.17. The lowest BCUT2D eigenvalue weighted by atomic mass is 10.3. The first-order valence-electron chi connectivity index (χ1n) is 4.91. The normalized spacial score (nSPS) is 12.8. The van der Waals surface area contributed by atoms with Gasteiger partial charge in [0.25, 0.3) is 0 Å². The Morgan fingerprint density at radius 2 is 1.75 bits per heavy atom. The molecule has 0 aliphatic rings. The predicted octanol–water partition coefficient (Wildman–Crippen LogP) is 2.86. The maximum atomic E-state index is 11.8. The first kappa shape index (κ1) is 10.8. The lowest BCUT2D eigenvalue weighted by molar-refractivity contribution is 0.688. The third-order valence-corrected chi connectivity index (χ3v) is 3.15. The first-order valence-corrected chi connectivity index (χ1v) is 6.12. The van der Waals surface area contributed by atoms with Gasteiger partial charge in [-0.3, -0.25) is 4.98 Å². The number of hydrogen-bond donors (Lipinski definition) is 0. The Balaban J connectivity index is 2.12. The van der Waals surface area contributed by atoms with Gasteiger partial charge in [-0.2, -0.15) is 0 Å². The van der Waals surface area contributed by atoms with Gasteiger partial charge < -0.3 is 0 Å². The number of aromatic nitrogens is 1. The van der Waals surface area contributed by atoms with Crippen molar-refractivity contribution in [3.8, 4) is 0 Å². The maximum absolute atomic E-state index is 11.8. The molecule has 2 nitrogen and oxygen atoms in total. The van der Waals surface area contributed by atoms with Gasteiger partial charge in [-0.15, -0.1) is 0 Å². The van der Waals surface area contributed by atoms with Gasteiger partial charge in [0.15, 0.2) is 0 Å². The number of nitrogens with zero attached hydrogens (tertiary/aromatic N) is 1. The SMILES string of the molecule is O=S(/C=C\c1ccccn1)c1ccccc1. The molecule has 1 unspecified atom stereocenters. The van der Waals surface area contributed by atoms with Crippen LogP contribution in [0.4, 0.5) is 0 Å². The van der Waals surface area contributed by atoms with Crippen molar-refractivity contribution in [2.75, 3.05) is 0 Å². The second kappa shape index (κ2) is 5.37. The Morgan fingerprint density at radius 1 is 1.00 bits per heavy atom. The zero-order chi connectivity index (χ0) is 11.2. The molecule has 0 N–H and O–H groups in total. The molecule has 1 heterocycles. The van der Waals surface area contributed by atoms with Gasteiger partial charge in [0.05, 0.1) is 16.5 Å². The minimum Gasteiger partial charge on any atom is -0.257 e. The van der Waals surface area contributed by atoms with E-state index in [2.05, 4.69) is 4.98 Å². The summed E-state index contributed by atoms with van der Waals surface area (Å²) in [7, 11) is -1.10. The molecule has 2 rings (SSSR count). The Labute approximate surface area is 97.1 Å². The molecule has 0 fully saturated rings. The average Bonchev–Trinajstić information content (AvgIpc) is 2.38. The van der Waals surface area contributed by atoms with Gasteiger partial charge in [-0.25, -0.2) is 4.21 Å². The number of hydrogen-bond acceptors (Lipinski definition) is 2. The van der Waals surface area contributed by atoms with Crippen molar-refractivity contribution in [1.82, 2.24) is 4.98 Å². The molecule has 0 saturated carbocycles. The maximum Gasteiger partial charge on any atom is 0.0776 e. The topological polar surface area (TPSA) is 30.0 Å². The summed E-state index contributed by atoms with van der Waals surface area (Å²) in [5.41, 5.74) is 0.812. The molecule has 0 bridgehead atoms. The van der Waals surface area contributed by atoms with Crippen molar-refractivity contribution in [3.05, 3.63) is 65.8 Å². The summed E-state index contributed by atoms with van der Waals surface area (Å²) in [4.78, 5) is 4.92. The van der Waals surface area contributed by atoms with Gasteiger partial charge in [-0.05, 0) is 30.3 Å². The van der Waals surface area contributed by atoms with Crippen molar-refractivity contribution in [1.29, 1.82) is 0 Å². The molecule has 2 aromatic rings. The van der Waals surface area contributed by atoms with Gasteiger partial charge in [0, 0.05) is 16.5 Å².